The molecule has 1 aromatic carbocycles. The maximum Gasteiger partial charge on any atom is 0.335 e. The van der Waals surface area contributed by atoms with Gasteiger partial charge in [-0.25, -0.2) is 13.2 Å². The highest BCUT2D eigenvalue weighted by Crippen LogP contribution is 2.25. The molecule has 0 saturated carbocycles. The van der Waals surface area contributed by atoms with E-state index in [1.165, 1.54) is 19.2 Å². The molecule has 0 aliphatic carbocycles. The number of hydrogen-bond donors (Lipinski definition) is 1. The number of ether oxygens (including phenoxy) is 1. The first-order valence-corrected chi connectivity index (χ1v) is 8.28. The molecule has 0 bridgehead atoms. The number of benzene rings is 1. The SMILES string of the molecule is COC(C)(C)CCS(=O)(=O)c1cc(C(=O)O)cc(C)c1C. The predicted octanol–water partition coefficient (Wildman–Crippen LogP) is 2.59. The Hall–Kier alpha value is -1.40. The standard InChI is InChI=1S/C15H22O5S/c1-10-8-12(14(16)17)9-13(11(10)2)21(18,19)7-6-15(3,4)20-5/h8-9H,6-7H2,1-5H3,(H,16,17). The Bertz CT molecular complexity index is 644. The highest BCUT2D eigenvalue weighted by Gasteiger charge is 2.25. The third-order valence-corrected chi connectivity index (χ3v) is 5.56. The number of rotatable bonds is 6. The fraction of sp³-hybridized carbons (Fsp3) is 0.533. The zero-order valence-corrected chi connectivity index (χ0v) is 13.9. The van der Waals surface area contributed by atoms with Crippen LogP contribution in [0.2, 0.25) is 0 Å². The summed E-state index contributed by atoms with van der Waals surface area (Å²) in [5, 5.41) is 9.07. The lowest BCUT2D eigenvalue weighted by atomic mass is 10.1. The summed E-state index contributed by atoms with van der Waals surface area (Å²) in [4.78, 5) is 11.2. The van der Waals surface area contributed by atoms with Crippen LogP contribution in [0, 0.1) is 13.8 Å². The van der Waals surface area contributed by atoms with Crippen molar-refractivity contribution in [1.82, 2.24) is 0 Å². The van der Waals surface area contributed by atoms with Crippen LogP contribution in [0.1, 0.15) is 41.8 Å². The number of carbonyl (C=O) groups is 1. The molecule has 0 amide bonds. The third kappa shape index (κ3) is 4.28. The molecule has 0 fully saturated rings. The molecule has 0 atom stereocenters. The van der Waals surface area contributed by atoms with Crippen molar-refractivity contribution < 1.29 is 23.1 Å². The molecule has 1 aromatic rings. The number of carboxylic acids is 1. The van der Waals surface area contributed by atoms with Gasteiger partial charge in [-0.15, -0.1) is 0 Å². The van der Waals surface area contributed by atoms with E-state index in [-0.39, 0.29) is 16.2 Å². The van der Waals surface area contributed by atoms with Crippen LogP contribution in [0.5, 0.6) is 0 Å². The number of methoxy groups -OCH3 is 1. The molecule has 0 spiro atoms. The first-order chi connectivity index (χ1) is 9.50. The summed E-state index contributed by atoms with van der Waals surface area (Å²) >= 11 is 0. The van der Waals surface area contributed by atoms with E-state index in [1.54, 1.807) is 13.8 Å². The van der Waals surface area contributed by atoms with Crippen molar-refractivity contribution in [1.29, 1.82) is 0 Å². The van der Waals surface area contributed by atoms with E-state index < -0.39 is 21.4 Å². The molecule has 0 saturated heterocycles. The highest BCUT2D eigenvalue weighted by molar-refractivity contribution is 7.91. The molecule has 0 heterocycles. The number of carboxylic acid groups (broad SMARTS) is 1. The second kappa shape index (κ2) is 6.15. The predicted molar refractivity (Wildman–Crippen MR) is 80.6 cm³/mol. The van der Waals surface area contributed by atoms with E-state index in [9.17, 15) is 13.2 Å². The van der Waals surface area contributed by atoms with Gasteiger partial charge in [0.1, 0.15) is 0 Å². The maximum absolute atomic E-state index is 12.5. The van der Waals surface area contributed by atoms with E-state index in [2.05, 4.69) is 0 Å². The van der Waals surface area contributed by atoms with Crippen LogP contribution in [0.15, 0.2) is 17.0 Å². The Labute approximate surface area is 125 Å². The smallest absolute Gasteiger partial charge is 0.335 e. The lowest BCUT2D eigenvalue weighted by Crippen LogP contribution is -2.26. The van der Waals surface area contributed by atoms with E-state index in [0.717, 1.165) is 0 Å². The zero-order chi connectivity index (χ0) is 16.4. The van der Waals surface area contributed by atoms with Gasteiger partial charge in [-0.2, -0.15) is 0 Å². The van der Waals surface area contributed by atoms with Gasteiger partial charge in [-0.3, -0.25) is 0 Å². The molecule has 0 unspecified atom stereocenters. The molecule has 0 aliphatic heterocycles. The molecule has 6 heteroatoms. The fourth-order valence-corrected chi connectivity index (χ4v) is 3.78. The van der Waals surface area contributed by atoms with Crippen LogP contribution >= 0.6 is 0 Å². The van der Waals surface area contributed by atoms with Crippen LogP contribution in [0.4, 0.5) is 0 Å². The molecule has 1 N–H and O–H groups in total. The summed E-state index contributed by atoms with van der Waals surface area (Å²) in [5.74, 6) is -1.22. The van der Waals surface area contributed by atoms with E-state index in [0.29, 0.717) is 17.5 Å². The first kappa shape index (κ1) is 17.7. The number of aromatic carboxylic acids is 1. The quantitative estimate of drug-likeness (QED) is 0.873. The minimum Gasteiger partial charge on any atom is -0.478 e. The van der Waals surface area contributed by atoms with Crippen molar-refractivity contribution in [3.8, 4) is 0 Å². The lowest BCUT2D eigenvalue weighted by Gasteiger charge is -2.23. The van der Waals surface area contributed by atoms with Gasteiger partial charge in [0.25, 0.3) is 0 Å². The van der Waals surface area contributed by atoms with Crippen LogP contribution in [-0.4, -0.2) is 38.0 Å². The second-order valence-corrected chi connectivity index (χ2v) is 7.83. The average molecular weight is 314 g/mol. The van der Waals surface area contributed by atoms with Gasteiger partial charge >= 0.3 is 5.97 Å². The van der Waals surface area contributed by atoms with Crippen molar-refractivity contribution in [2.45, 2.75) is 44.6 Å². The topological polar surface area (TPSA) is 80.7 Å². The van der Waals surface area contributed by atoms with Gasteiger partial charge in [0, 0.05) is 7.11 Å². The Morgan fingerprint density at radius 1 is 1.29 bits per heavy atom. The monoisotopic (exact) mass is 314 g/mol. The summed E-state index contributed by atoms with van der Waals surface area (Å²) in [7, 11) is -2.02. The minimum absolute atomic E-state index is 0.0114. The summed E-state index contributed by atoms with van der Waals surface area (Å²) in [5.41, 5.74) is 0.692. The largest absolute Gasteiger partial charge is 0.478 e. The van der Waals surface area contributed by atoms with Crippen molar-refractivity contribution in [3.05, 3.63) is 28.8 Å². The lowest BCUT2D eigenvalue weighted by molar-refractivity contribution is 0.0203. The zero-order valence-electron chi connectivity index (χ0n) is 13.1. The van der Waals surface area contributed by atoms with Crippen LogP contribution in [0.3, 0.4) is 0 Å². The number of sulfone groups is 1. The van der Waals surface area contributed by atoms with Gasteiger partial charge in [-0.1, -0.05) is 0 Å². The fourth-order valence-electron chi connectivity index (χ4n) is 1.87. The molecule has 21 heavy (non-hydrogen) atoms. The summed E-state index contributed by atoms with van der Waals surface area (Å²) < 4.78 is 30.2. The van der Waals surface area contributed by atoms with Gasteiger partial charge in [-0.05, 0) is 57.4 Å². The Morgan fingerprint density at radius 3 is 2.33 bits per heavy atom. The Kier molecular flexibility index (Phi) is 5.17. The molecular weight excluding hydrogens is 292 g/mol. The van der Waals surface area contributed by atoms with Gasteiger partial charge < -0.3 is 9.84 Å². The van der Waals surface area contributed by atoms with Crippen molar-refractivity contribution in [2.24, 2.45) is 0 Å². The molecular formula is C15H22O5S. The summed E-state index contributed by atoms with van der Waals surface area (Å²) in [6.07, 6.45) is 0.335. The maximum atomic E-state index is 12.5. The molecule has 5 nitrogen and oxygen atoms in total. The summed E-state index contributed by atoms with van der Waals surface area (Å²) in [6, 6.07) is 2.72. The molecule has 1 rings (SSSR count). The van der Waals surface area contributed by atoms with E-state index >= 15 is 0 Å². The van der Waals surface area contributed by atoms with Crippen LogP contribution in [0.25, 0.3) is 0 Å². The normalized spacial score (nSPS) is 12.4. The highest BCUT2D eigenvalue weighted by atomic mass is 32.2. The Balaban J connectivity index is 3.22. The van der Waals surface area contributed by atoms with E-state index in [1.807, 2.05) is 13.8 Å². The van der Waals surface area contributed by atoms with Crippen LogP contribution < -0.4 is 0 Å². The molecule has 0 radical (unpaired) electrons. The van der Waals surface area contributed by atoms with Gasteiger partial charge in [0.15, 0.2) is 9.84 Å². The van der Waals surface area contributed by atoms with Crippen molar-refractivity contribution in [2.75, 3.05) is 12.9 Å². The number of hydrogen-bond acceptors (Lipinski definition) is 4. The van der Waals surface area contributed by atoms with Crippen molar-refractivity contribution in [3.63, 3.8) is 0 Å². The molecule has 0 aromatic heterocycles. The van der Waals surface area contributed by atoms with Gasteiger partial charge in [0.05, 0.1) is 21.8 Å². The van der Waals surface area contributed by atoms with Gasteiger partial charge in [0.2, 0.25) is 0 Å². The minimum atomic E-state index is -3.56. The molecule has 0 aliphatic rings. The average Bonchev–Trinajstić information content (AvgIpc) is 2.39. The summed E-state index contributed by atoms with van der Waals surface area (Å²) in [6.45, 7) is 7.03. The third-order valence-electron chi connectivity index (χ3n) is 3.73. The van der Waals surface area contributed by atoms with Crippen molar-refractivity contribution >= 4 is 15.8 Å². The molecule has 118 valence electrons. The first-order valence-electron chi connectivity index (χ1n) is 6.62. The number of aryl methyl sites for hydroxylation is 1. The van der Waals surface area contributed by atoms with E-state index in [4.69, 9.17) is 9.84 Å². The second-order valence-electron chi connectivity index (χ2n) is 5.75. The van der Waals surface area contributed by atoms with Crippen LogP contribution in [-0.2, 0) is 14.6 Å². The Morgan fingerprint density at radius 2 is 1.86 bits per heavy atom.